The van der Waals surface area contributed by atoms with Gasteiger partial charge in [0, 0.05) is 14.2 Å². The fourth-order valence-corrected chi connectivity index (χ4v) is 2.36. The van der Waals surface area contributed by atoms with E-state index in [9.17, 15) is 9.90 Å². The largest absolute Gasteiger partial charge is 0.414 e. The van der Waals surface area contributed by atoms with E-state index in [1.165, 1.54) is 14.2 Å². The molecule has 0 saturated heterocycles. The summed E-state index contributed by atoms with van der Waals surface area (Å²) >= 11 is 6.86. The van der Waals surface area contributed by atoms with Gasteiger partial charge in [0.25, 0.3) is 0 Å². The standard InChI is InChI=1S/C11H16ClNO5S/c1-16-6-11(5-14,7-17-2)13-10(15)18-9-4-3-8(12)19-9/h3-4,14H,5-7H2,1-2H3,(H,13,15). The van der Waals surface area contributed by atoms with Crippen molar-refractivity contribution in [2.45, 2.75) is 5.54 Å². The summed E-state index contributed by atoms with van der Waals surface area (Å²) in [6.07, 6.45) is -0.707. The molecule has 19 heavy (non-hydrogen) atoms. The molecule has 1 amide bonds. The minimum Gasteiger partial charge on any atom is -0.399 e. The van der Waals surface area contributed by atoms with E-state index >= 15 is 0 Å². The van der Waals surface area contributed by atoms with Crippen LogP contribution in [0.25, 0.3) is 0 Å². The van der Waals surface area contributed by atoms with Crippen molar-refractivity contribution in [1.82, 2.24) is 5.32 Å². The molecule has 1 rings (SSSR count). The van der Waals surface area contributed by atoms with Crippen molar-refractivity contribution in [1.29, 1.82) is 0 Å². The average Bonchev–Trinajstić information content (AvgIpc) is 2.75. The van der Waals surface area contributed by atoms with Crippen LogP contribution in [-0.2, 0) is 9.47 Å². The fraction of sp³-hybridized carbons (Fsp3) is 0.545. The predicted molar refractivity (Wildman–Crippen MR) is 72.1 cm³/mol. The number of aliphatic hydroxyl groups excluding tert-OH is 1. The van der Waals surface area contributed by atoms with Crippen LogP contribution < -0.4 is 10.1 Å². The normalized spacial score (nSPS) is 11.4. The Bertz CT molecular complexity index is 406. The van der Waals surface area contributed by atoms with Crippen LogP contribution in [0.3, 0.4) is 0 Å². The van der Waals surface area contributed by atoms with Gasteiger partial charge in [-0.2, -0.15) is 0 Å². The first-order valence-corrected chi connectivity index (χ1v) is 6.59. The van der Waals surface area contributed by atoms with Gasteiger partial charge < -0.3 is 24.6 Å². The Morgan fingerprint density at radius 3 is 2.47 bits per heavy atom. The average molecular weight is 310 g/mol. The molecule has 1 heterocycles. The number of carbonyl (C=O) groups excluding carboxylic acids is 1. The summed E-state index contributed by atoms with van der Waals surface area (Å²) in [6, 6.07) is 3.21. The Labute approximate surface area is 120 Å². The lowest BCUT2D eigenvalue weighted by Gasteiger charge is -2.30. The van der Waals surface area contributed by atoms with Crippen LogP contribution in [0.2, 0.25) is 4.34 Å². The van der Waals surface area contributed by atoms with Crippen LogP contribution in [0.15, 0.2) is 12.1 Å². The van der Waals surface area contributed by atoms with Gasteiger partial charge >= 0.3 is 6.09 Å². The van der Waals surface area contributed by atoms with Gasteiger partial charge in [0.2, 0.25) is 0 Å². The molecule has 108 valence electrons. The summed E-state index contributed by atoms with van der Waals surface area (Å²) in [7, 11) is 2.93. The van der Waals surface area contributed by atoms with Gasteiger partial charge in [-0.25, -0.2) is 4.79 Å². The lowest BCUT2D eigenvalue weighted by molar-refractivity contribution is 0.0106. The van der Waals surface area contributed by atoms with Crippen LogP contribution in [0.5, 0.6) is 5.06 Å². The Balaban J connectivity index is 2.64. The topological polar surface area (TPSA) is 77.0 Å². The molecule has 8 heteroatoms. The summed E-state index contributed by atoms with van der Waals surface area (Å²) in [5.41, 5.74) is -1.04. The minimum absolute atomic E-state index is 0.0949. The summed E-state index contributed by atoms with van der Waals surface area (Å²) < 4.78 is 15.5. The van der Waals surface area contributed by atoms with Gasteiger partial charge in [0.1, 0.15) is 5.54 Å². The van der Waals surface area contributed by atoms with E-state index in [0.717, 1.165) is 11.3 Å². The number of thiophene rings is 1. The third kappa shape index (κ3) is 4.96. The molecular weight excluding hydrogens is 294 g/mol. The van der Waals surface area contributed by atoms with E-state index < -0.39 is 11.6 Å². The summed E-state index contributed by atoms with van der Waals surface area (Å²) in [5, 5.41) is 12.3. The van der Waals surface area contributed by atoms with Gasteiger partial charge in [0.05, 0.1) is 24.2 Å². The molecule has 0 aliphatic rings. The van der Waals surface area contributed by atoms with E-state index in [-0.39, 0.29) is 19.8 Å². The quantitative estimate of drug-likeness (QED) is 0.798. The second-order valence-electron chi connectivity index (χ2n) is 3.88. The fourth-order valence-electron chi connectivity index (χ4n) is 1.48. The molecule has 1 aromatic rings. The van der Waals surface area contributed by atoms with Crippen molar-refractivity contribution in [3.8, 4) is 5.06 Å². The van der Waals surface area contributed by atoms with E-state index in [1.54, 1.807) is 12.1 Å². The van der Waals surface area contributed by atoms with Crippen molar-refractivity contribution in [2.75, 3.05) is 34.0 Å². The first-order chi connectivity index (χ1) is 9.05. The molecule has 0 aromatic carbocycles. The van der Waals surface area contributed by atoms with Gasteiger partial charge in [-0.15, -0.1) is 0 Å². The highest BCUT2D eigenvalue weighted by Gasteiger charge is 2.32. The molecule has 6 nitrogen and oxygen atoms in total. The van der Waals surface area contributed by atoms with E-state index in [0.29, 0.717) is 9.40 Å². The van der Waals surface area contributed by atoms with Crippen molar-refractivity contribution in [2.24, 2.45) is 0 Å². The molecule has 0 atom stereocenters. The van der Waals surface area contributed by atoms with Crippen LogP contribution in [0, 0.1) is 0 Å². The van der Waals surface area contributed by atoms with Gasteiger partial charge in [-0.3, -0.25) is 0 Å². The molecule has 0 spiro atoms. The number of nitrogens with one attached hydrogen (secondary N) is 1. The van der Waals surface area contributed by atoms with E-state index in [1.807, 2.05) is 0 Å². The van der Waals surface area contributed by atoms with Crippen molar-refractivity contribution >= 4 is 29.0 Å². The first-order valence-electron chi connectivity index (χ1n) is 5.39. The zero-order valence-corrected chi connectivity index (χ0v) is 12.2. The Morgan fingerprint density at radius 2 is 2.05 bits per heavy atom. The number of hydrogen-bond donors (Lipinski definition) is 2. The van der Waals surface area contributed by atoms with Gasteiger partial charge in [-0.05, 0) is 12.1 Å². The maximum atomic E-state index is 11.8. The summed E-state index contributed by atoms with van der Waals surface area (Å²) in [5.74, 6) is 0. The molecule has 0 aliphatic heterocycles. The number of ether oxygens (including phenoxy) is 3. The number of rotatable bonds is 7. The maximum absolute atomic E-state index is 11.8. The number of methoxy groups -OCH3 is 2. The zero-order chi connectivity index (χ0) is 14.3. The number of aliphatic hydroxyl groups is 1. The number of carbonyl (C=O) groups is 1. The Kier molecular flexibility index (Phi) is 6.53. The maximum Gasteiger partial charge on any atom is 0.414 e. The zero-order valence-electron chi connectivity index (χ0n) is 10.6. The van der Waals surface area contributed by atoms with Crippen LogP contribution in [0.4, 0.5) is 4.79 Å². The Hall–Kier alpha value is -0.860. The number of halogens is 1. The number of hydrogen-bond acceptors (Lipinski definition) is 6. The molecule has 0 saturated carbocycles. The molecule has 2 N–H and O–H groups in total. The number of amides is 1. The monoisotopic (exact) mass is 309 g/mol. The van der Waals surface area contributed by atoms with Crippen molar-refractivity contribution < 1.29 is 24.1 Å². The van der Waals surface area contributed by atoms with E-state index in [4.69, 9.17) is 25.8 Å². The molecule has 1 aromatic heterocycles. The predicted octanol–water partition coefficient (Wildman–Crippen LogP) is 1.51. The summed E-state index contributed by atoms with van der Waals surface area (Å²) in [4.78, 5) is 11.8. The summed E-state index contributed by atoms with van der Waals surface area (Å²) in [6.45, 7) is -0.149. The molecule has 0 bridgehead atoms. The second kappa shape index (κ2) is 7.66. The minimum atomic E-state index is -1.04. The van der Waals surface area contributed by atoms with Crippen LogP contribution >= 0.6 is 22.9 Å². The molecule has 0 fully saturated rings. The van der Waals surface area contributed by atoms with Crippen LogP contribution in [-0.4, -0.2) is 50.8 Å². The smallest absolute Gasteiger partial charge is 0.399 e. The highest BCUT2D eigenvalue weighted by Crippen LogP contribution is 2.28. The second-order valence-corrected chi connectivity index (χ2v) is 5.56. The molecular formula is C11H16ClNO5S. The highest BCUT2D eigenvalue weighted by molar-refractivity contribution is 7.17. The van der Waals surface area contributed by atoms with Crippen LogP contribution in [0.1, 0.15) is 0 Å². The SMILES string of the molecule is COCC(CO)(COC)NC(=O)Oc1ccc(Cl)s1. The highest BCUT2D eigenvalue weighted by atomic mass is 35.5. The van der Waals surface area contributed by atoms with Crippen molar-refractivity contribution in [3.05, 3.63) is 16.5 Å². The molecule has 0 aliphatic carbocycles. The Morgan fingerprint density at radius 1 is 1.42 bits per heavy atom. The van der Waals surface area contributed by atoms with E-state index in [2.05, 4.69) is 5.32 Å². The lowest BCUT2D eigenvalue weighted by atomic mass is 10.0. The lowest BCUT2D eigenvalue weighted by Crippen LogP contribution is -2.58. The van der Waals surface area contributed by atoms with Crippen molar-refractivity contribution in [3.63, 3.8) is 0 Å². The van der Waals surface area contributed by atoms with Gasteiger partial charge in [0.15, 0.2) is 5.06 Å². The molecule has 0 unspecified atom stereocenters. The molecule has 0 radical (unpaired) electrons. The third-order valence-corrected chi connectivity index (χ3v) is 3.36. The van der Waals surface area contributed by atoms with Gasteiger partial charge in [-0.1, -0.05) is 22.9 Å². The third-order valence-electron chi connectivity index (χ3n) is 2.25. The first kappa shape index (κ1) is 16.2.